The molecule has 1 aliphatic rings. The summed E-state index contributed by atoms with van der Waals surface area (Å²) in [5, 5.41) is 4.06. The zero-order valence-corrected chi connectivity index (χ0v) is 12.8. The monoisotopic (exact) mass is 301 g/mol. The van der Waals surface area contributed by atoms with Gasteiger partial charge in [-0.2, -0.15) is 0 Å². The number of halogens is 1. The van der Waals surface area contributed by atoms with E-state index in [4.69, 9.17) is 11.6 Å². The molecular formula is C17H20ClN3. The summed E-state index contributed by atoms with van der Waals surface area (Å²) in [4.78, 5) is 6.61. The van der Waals surface area contributed by atoms with Crippen LogP contribution in [0.2, 0.25) is 5.15 Å². The summed E-state index contributed by atoms with van der Waals surface area (Å²) in [6.45, 7) is 3.32. The maximum Gasteiger partial charge on any atom is 0.152 e. The number of hydrogen-bond donors (Lipinski definition) is 1. The Kier molecular flexibility index (Phi) is 4.73. The number of pyridine rings is 1. The third kappa shape index (κ3) is 3.96. The molecule has 110 valence electrons. The second-order valence-electron chi connectivity index (χ2n) is 5.51. The number of anilines is 1. The summed E-state index contributed by atoms with van der Waals surface area (Å²) >= 11 is 6.09. The van der Waals surface area contributed by atoms with Gasteiger partial charge in [-0.3, -0.25) is 0 Å². The second kappa shape index (κ2) is 6.92. The topological polar surface area (TPSA) is 28.2 Å². The fourth-order valence-electron chi connectivity index (χ4n) is 2.80. The standard InChI is InChI=1S/C17H20ClN3/c18-17-16(7-4-10-19-17)20-15-9-12-21(13-15)11-8-14-5-2-1-3-6-14/h1-7,10,15,20H,8-9,11-13H2. The summed E-state index contributed by atoms with van der Waals surface area (Å²) in [6.07, 6.45) is 3.98. The first-order chi connectivity index (χ1) is 10.3. The predicted octanol–water partition coefficient (Wildman–Crippen LogP) is 3.46. The quantitative estimate of drug-likeness (QED) is 0.857. The van der Waals surface area contributed by atoms with E-state index in [1.54, 1.807) is 6.20 Å². The smallest absolute Gasteiger partial charge is 0.152 e. The van der Waals surface area contributed by atoms with Gasteiger partial charge in [0.25, 0.3) is 0 Å². The van der Waals surface area contributed by atoms with Crippen molar-refractivity contribution in [2.45, 2.75) is 18.9 Å². The molecule has 1 saturated heterocycles. The summed E-state index contributed by atoms with van der Waals surface area (Å²) in [6, 6.07) is 15.0. The Morgan fingerprint density at radius 1 is 1.19 bits per heavy atom. The van der Waals surface area contributed by atoms with E-state index in [9.17, 15) is 0 Å². The van der Waals surface area contributed by atoms with Crippen molar-refractivity contribution in [3.8, 4) is 0 Å². The molecule has 0 bridgehead atoms. The number of nitrogens with one attached hydrogen (secondary N) is 1. The number of rotatable bonds is 5. The van der Waals surface area contributed by atoms with Crippen molar-refractivity contribution in [2.24, 2.45) is 0 Å². The van der Waals surface area contributed by atoms with Gasteiger partial charge in [-0.1, -0.05) is 41.9 Å². The first-order valence-corrected chi connectivity index (χ1v) is 7.82. The first kappa shape index (κ1) is 14.4. The van der Waals surface area contributed by atoms with Gasteiger partial charge < -0.3 is 10.2 Å². The molecule has 0 amide bonds. The fraction of sp³-hybridized carbons (Fsp3) is 0.353. The molecule has 1 unspecified atom stereocenters. The third-order valence-corrected chi connectivity index (χ3v) is 4.25. The van der Waals surface area contributed by atoms with Crippen LogP contribution in [-0.2, 0) is 6.42 Å². The molecule has 0 spiro atoms. The number of nitrogens with zero attached hydrogens (tertiary/aromatic N) is 2. The van der Waals surface area contributed by atoms with Crippen LogP contribution in [0.3, 0.4) is 0 Å². The molecule has 3 nitrogen and oxygen atoms in total. The highest BCUT2D eigenvalue weighted by atomic mass is 35.5. The Balaban J connectivity index is 1.48. The fourth-order valence-corrected chi connectivity index (χ4v) is 2.97. The molecule has 0 radical (unpaired) electrons. The first-order valence-electron chi connectivity index (χ1n) is 7.44. The Hall–Kier alpha value is -1.58. The van der Waals surface area contributed by atoms with E-state index in [-0.39, 0.29) is 0 Å². The lowest BCUT2D eigenvalue weighted by molar-refractivity contribution is 0.341. The maximum atomic E-state index is 6.09. The molecule has 0 aliphatic carbocycles. The van der Waals surface area contributed by atoms with Gasteiger partial charge in [0.2, 0.25) is 0 Å². The van der Waals surface area contributed by atoms with Crippen molar-refractivity contribution in [1.82, 2.24) is 9.88 Å². The van der Waals surface area contributed by atoms with Crippen LogP contribution < -0.4 is 5.32 Å². The Morgan fingerprint density at radius 2 is 2.05 bits per heavy atom. The average molecular weight is 302 g/mol. The third-order valence-electron chi connectivity index (χ3n) is 3.95. The molecule has 1 aromatic carbocycles. The number of hydrogen-bond acceptors (Lipinski definition) is 3. The molecule has 4 heteroatoms. The molecule has 2 aromatic rings. The Morgan fingerprint density at radius 3 is 2.86 bits per heavy atom. The van der Waals surface area contributed by atoms with Gasteiger partial charge in [-0.25, -0.2) is 4.98 Å². The molecular weight excluding hydrogens is 282 g/mol. The predicted molar refractivity (Wildman–Crippen MR) is 87.9 cm³/mol. The van der Waals surface area contributed by atoms with Crippen LogP contribution in [0.15, 0.2) is 48.7 Å². The summed E-state index contributed by atoms with van der Waals surface area (Å²) < 4.78 is 0. The largest absolute Gasteiger partial charge is 0.378 e. The summed E-state index contributed by atoms with van der Waals surface area (Å²) in [5.41, 5.74) is 2.35. The lowest BCUT2D eigenvalue weighted by Crippen LogP contribution is -2.28. The molecule has 1 atom stereocenters. The molecule has 3 rings (SSSR count). The lowest BCUT2D eigenvalue weighted by atomic mass is 10.1. The minimum atomic E-state index is 0.461. The number of likely N-dealkylation sites (tertiary alicyclic amines) is 1. The minimum absolute atomic E-state index is 0.461. The highest BCUT2D eigenvalue weighted by Gasteiger charge is 2.22. The van der Waals surface area contributed by atoms with Crippen molar-refractivity contribution >= 4 is 17.3 Å². The molecule has 1 fully saturated rings. The van der Waals surface area contributed by atoms with Crippen LogP contribution in [0.25, 0.3) is 0 Å². The van der Waals surface area contributed by atoms with Crippen LogP contribution in [-0.4, -0.2) is 35.6 Å². The van der Waals surface area contributed by atoms with Crippen molar-refractivity contribution in [3.05, 3.63) is 59.4 Å². The molecule has 1 aliphatic heterocycles. The SMILES string of the molecule is Clc1ncccc1NC1CCN(CCc2ccccc2)C1. The van der Waals surface area contributed by atoms with Crippen LogP contribution in [0.5, 0.6) is 0 Å². The van der Waals surface area contributed by atoms with Crippen molar-refractivity contribution in [2.75, 3.05) is 25.0 Å². The highest BCUT2D eigenvalue weighted by Crippen LogP contribution is 2.21. The molecule has 1 N–H and O–H groups in total. The van der Waals surface area contributed by atoms with E-state index in [1.165, 1.54) is 5.56 Å². The lowest BCUT2D eigenvalue weighted by Gasteiger charge is -2.17. The second-order valence-corrected chi connectivity index (χ2v) is 5.87. The van der Waals surface area contributed by atoms with E-state index < -0.39 is 0 Å². The Labute approximate surface area is 131 Å². The van der Waals surface area contributed by atoms with E-state index in [1.807, 2.05) is 12.1 Å². The van der Waals surface area contributed by atoms with Gasteiger partial charge in [0.15, 0.2) is 5.15 Å². The van der Waals surface area contributed by atoms with E-state index in [0.717, 1.165) is 38.2 Å². The Bertz CT molecular complexity index is 573. The molecule has 0 saturated carbocycles. The number of aromatic nitrogens is 1. The molecule has 2 heterocycles. The minimum Gasteiger partial charge on any atom is -0.378 e. The summed E-state index contributed by atoms with van der Waals surface area (Å²) in [7, 11) is 0. The van der Waals surface area contributed by atoms with Crippen molar-refractivity contribution < 1.29 is 0 Å². The number of benzene rings is 1. The van der Waals surface area contributed by atoms with E-state index >= 15 is 0 Å². The summed E-state index contributed by atoms with van der Waals surface area (Å²) in [5.74, 6) is 0. The van der Waals surface area contributed by atoms with Crippen molar-refractivity contribution in [1.29, 1.82) is 0 Å². The van der Waals surface area contributed by atoms with Gasteiger partial charge in [-0.05, 0) is 30.5 Å². The zero-order valence-electron chi connectivity index (χ0n) is 12.0. The van der Waals surface area contributed by atoms with Crippen LogP contribution >= 0.6 is 11.6 Å². The molecule has 21 heavy (non-hydrogen) atoms. The van der Waals surface area contributed by atoms with Gasteiger partial charge in [0.1, 0.15) is 0 Å². The van der Waals surface area contributed by atoms with Gasteiger partial charge in [-0.15, -0.1) is 0 Å². The van der Waals surface area contributed by atoms with Gasteiger partial charge in [0, 0.05) is 31.9 Å². The average Bonchev–Trinajstić information content (AvgIpc) is 2.96. The van der Waals surface area contributed by atoms with E-state index in [2.05, 4.69) is 45.5 Å². The molecule has 1 aromatic heterocycles. The highest BCUT2D eigenvalue weighted by molar-refractivity contribution is 6.31. The zero-order chi connectivity index (χ0) is 14.5. The van der Waals surface area contributed by atoms with Crippen LogP contribution in [0.4, 0.5) is 5.69 Å². The van der Waals surface area contributed by atoms with E-state index in [0.29, 0.717) is 11.2 Å². The van der Waals surface area contributed by atoms with Crippen LogP contribution in [0, 0.1) is 0 Å². The van der Waals surface area contributed by atoms with Crippen molar-refractivity contribution in [3.63, 3.8) is 0 Å². The van der Waals surface area contributed by atoms with Crippen LogP contribution in [0.1, 0.15) is 12.0 Å². The normalized spacial score (nSPS) is 18.8. The van der Waals surface area contributed by atoms with Gasteiger partial charge >= 0.3 is 0 Å². The maximum absolute atomic E-state index is 6.09. The van der Waals surface area contributed by atoms with Gasteiger partial charge in [0.05, 0.1) is 5.69 Å².